The number of ether oxygens (including phenoxy) is 1. The number of unbranched alkanes of at least 4 members (excludes halogenated alkanes) is 1. The third-order valence-electron chi connectivity index (χ3n) is 2.94. The van der Waals surface area contributed by atoms with Crippen molar-refractivity contribution in [2.45, 2.75) is 25.9 Å². The molecule has 0 atom stereocenters. The van der Waals surface area contributed by atoms with Gasteiger partial charge in [-0.3, -0.25) is 0 Å². The second-order valence-corrected chi connectivity index (χ2v) is 4.39. The van der Waals surface area contributed by atoms with Crippen molar-refractivity contribution >= 4 is 0 Å². The second-order valence-electron chi connectivity index (χ2n) is 4.39. The Morgan fingerprint density at radius 1 is 0.947 bits per heavy atom. The van der Waals surface area contributed by atoms with Gasteiger partial charge in [-0.15, -0.1) is 0 Å². The van der Waals surface area contributed by atoms with Crippen molar-refractivity contribution in [3.8, 4) is 11.8 Å². The minimum absolute atomic E-state index is 0.579. The van der Waals surface area contributed by atoms with E-state index in [1.54, 1.807) is 0 Å². The third kappa shape index (κ3) is 4.15. The molecule has 0 aliphatic carbocycles. The molecule has 0 aliphatic rings. The molecule has 0 fully saturated rings. The van der Waals surface area contributed by atoms with Crippen LogP contribution in [0.1, 0.15) is 24.0 Å². The minimum Gasteiger partial charge on any atom is -0.489 e. The van der Waals surface area contributed by atoms with Crippen molar-refractivity contribution in [3.63, 3.8) is 0 Å². The fourth-order valence-corrected chi connectivity index (χ4v) is 1.94. The molecule has 0 N–H and O–H groups in total. The Hall–Kier alpha value is -2.27. The largest absolute Gasteiger partial charge is 0.489 e. The van der Waals surface area contributed by atoms with Gasteiger partial charge in [0.1, 0.15) is 12.4 Å². The van der Waals surface area contributed by atoms with Gasteiger partial charge >= 0.3 is 0 Å². The van der Waals surface area contributed by atoms with E-state index in [-0.39, 0.29) is 0 Å². The molecule has 0 radical (unpaired) electrons. The molecule has 2 rings (SSSR count). The summed E-state index contributed by atoms with van der Waals surface area (Å²) in [6, 6.07) is 20.4. The van der Waals surface area contributed by atoms with Gasteiger partial charge in [0.25, 0.3) is 0 Å². The molecule has 2 aromatic carbocycles. The van der Waals surface area contributed by atoms with Gasteiger partial charge in [0, 0.05) is 6.42 Å². The molecule has 0 saturated carbocycles. The lowest BCUT2D eigenvalue weighted by Crippen LogP contribution is -1.98. The number of rotatable bonds is 6. The molecule has 0 aromatic heterocycles. The summed E-state index contributed by atoms with van der Waals surface area (Å²) in [6.07, 6.45) is 2.35. The van der Waals surface area contributed by atoms with E-state index in [9.17, 15) is 0 Å². The lowest BCUT2D eigenvalue weighted by molar-refractivity contribution is 0.302. The van der Waals surface area contributed by atoms with Crippen LogP contribution in [0.25, 0.3) is 0 Å². The number of hydrogen-bond acceptors (Lipinski definition) is 2. The predicted molar refractivity (Wildman–Crippen MR) is 75.8 cm³/mol. The zero-order valence-corrected chi connectivity index (χ0v) is 10.9. The van der Waals surface area contributed by atoms with Gasteiger partial charge in [-0.05, 0) is 30.0 Å². The topological polar surface area (TPSA) is 33.0 Å². The summed E-state index contributed by atoms with van der Waals surface area (Å²) in [7, 11) is 0. The minimum atomic E-state index is 0.579. The maximum Gasteiger partial charge on any atom is 0.122 e. The van der Waals surface area contributed by atoms with E-state index in [2.05, 4.69) is 24.3 Å². The Morgan fingerprint density at radius 2 is 1.68 bits per heavy atom. The van der Waals surface area contributed by atoms with E-state index in [1.807, 2.05) is 36.4 Å². The molecule has 0 unspecified atom stereocenters. The lowest BCUT2D eigenvalue weighted by Gasteiger charge is -2.11. The number of nitrogens with zero attached hydrogens (tertiary/aromatic N) is 1. The number of aryl methyl sites for hydroxylation is 1. The Kier molecular flexibility index (Phi) is 5.01. The van der Waals surface area contributed by atoms with Crippen LogP contribution in [0.4, 0.5) is 0 Å². The van der Waals surface area contributed by atoms with E-state index in [0.717, 1.165) is 24.2 Å². The quantitative estimate of drug-likeness (QED) is 0.724. The van der Waals surface area contributed by atoms with Crippen LogP contribution < -0.4 is 4.74 Å². The number of nitriles is 1. The summed E-state index contributed by atoms with van der Waals surface area (Å²) in [6.45, 7) is 0.579. The van der Waals surface area contributed by atoms with Gasteiger partial charge in [-0.2, -0.15) is 5.26 Å². The first kappa shape index (κ1) is 13.2. The SMILES string of the molecule is N#CCCCc1ccccc1OCc1ccccc1. The molecule has 2 nitrogen and oxygen atoms in total. The molecule has 0 aliphatic heterocycles. The summed E-state index contributed by atoms with van der Waals surface area (Å²) in [4.78, 5) is 0. The fourth-order valence-electron chi connectivity index (χ4n) is 1.94. The number of benzene rings is 2. The molecule has 19 heavy (non-hydrogen) atoms. The van der Waals surface area contributed by atoms with Crippen LogP contribution in [0.3, 0.4) is 0 Å². The van der Waals surface area contributed by atoms with Crippen molar-refractivity contribution < 1.29 is 4.74 Å². The summed E-state index contributed by atoms with van der Waals surface area (Å²) in [5.74, 6) is 0.921. The Labute approximate surface area is 114 Å². The first-order valence-electron chi connectivity index (χ1n) is 6.52. The monoisotopic (exact) mass is 251 g/mol. The molecule has 2 heteroatoms. The van der Waals surface area contributed by atoms with Crippen molar-refractivity contribution in [3.05, 3.63) is 65.7 Å². The Bertz CT molecular complexity index is 543. The van der Waals surface area contributed by atoms with E-state index in [4.69, 9.17) is 10.00 Å². The second kappa shape index (κ2) is 7.23. The molecule has 96 valence electrons. The highest BCUT2D eigenvalue weighted by atomic mass is 16.5. The first-order chi connectivity index (χ1) is 9.40. The van der Waals surface area contributed by atoms with E-state index in [1.165, 1.54) is 5.56 Å². The van der Waals surface area contributed by atoms with Gasteiger partial charge in [0.2, 0.25) is 0 Å². The lowest BCUT2D eigenvalue weighted by atomic mass is 10.1. The fraction of sp³-hybridized carbons (Fsp3) is 0.235. The maximum atomic E-state index is 8.58. The van der Waals surface area contributed by atoms with Crippen LogP contribution >= 0.6 is 0 Å². The average Bonchev–Trinajstić information content (AvgIpc) is 2.48. The molecule has 0 bridgehead atoms. The highest BCUT2D eigenvalue weighted by molar-refractivity contribution is 5.33. The van der Waals surface area contributed by atoms with E-state index in [0.29, 0.717) is 13.0 Å². The highest BCUT2D eigenvalue weighted by Gasteiger charge is 2.03. The van der Waals surface area contributed by atoms with Crippen molar-refractivity contribution in [1.29, 1.82) is 5.26 Å². The Morgan fingerprint density at radius 3 is 2.47 bits per heavy atom. The summed E-state index contributed by atoms with van der Waals surface area (Å²) >= 11 is 0. The molecule has 0 amide bonds. The van der Waals surface area contributed by atoms with Crippen LogP contribution in [-0.2, 0) is 13.0 Å². The van der Waals surface area contributed by atoms with Gasteiger partial charge in [0.15, 0.2) is 0 Å². The number of para-hydroxylation sites is 1. The standard InChI is InChI=1S/C17H17NO/c18-13-7-6-11-16-10-4-5-12-17(16)19-14-15-8-2-1-3-9-15/h1-5,8-10,12H,6-7,11,14H2. The maximum absolute atomic E-state index is 8.58. The molecule has 0 saturated heterocycles. The summed E-state index contributed by atoms with van der Waals surface area (Å²) < 4.78 is 5.87. The molecule has 2 aromatic rings. The van der Waals surface area contributed by atoms with Crippen molar-refractivity contribution in [2.75, 3.05) is 0 Å². The van der Waals surface area contributed by atoms with E-state index >= 15 is 0 Å². The van der Waals surface area contributed by atoms with Gasteiger partial charge in [-0.25, -0.2) is 0 Å². The summed E-state index contributed by atoms with van der Waals surface area (Å²) in [5.41, 5.74) is 2.34. The third-order valence-corrected chi connectivity index (χ3v) is 2.94. The van der Waals surface area contributed by atoms with Crippen molar-refractivity contribution in [2.24, 2.45) is 0 Å². The van der Waals surface area contributed by atoms with Crippen LogP contribution in [0.15, 0.2) is 54.6 Å². The summed E-state index contributed by atoms with van der Waals surface area (Å²) in [5, 5.41) is 8.58. The van der Waals surface area contributed by atoms with Crippen LogP contribution in [-0.4, -0.2) is 0 Å². The smallest absolute Gasteiger partial charge is 0.122 e. The van der Waals surface area contributed by atoms with Crippen LogP contribution in [0.2, 0.25) is 0 Å². The average molecular weight is 251 g/mol. The molecule has 0 spiro atoms. The highest BCUT2D eigenvalue weighted by Crippen LogP contribution is 2.21. The van der Waals surface area contributed by atoms with E-state index < -0.39 is 0 Å². The van der Waals surface area contributed by atoms with Gasteiger partial charge in [-0.1, -0.05) is 48.5 Å². The predicted octanol–water partition coefficient (Wildman–Crippen LogP) is 4.11. The van der Waals surface area contributed by atoms with Gasteiger partial charge in [0.05, 0.1) is 6.07 Å². The zero-order chi connectivity index (χ0) is 13.3. The van der Waals surface area contributed by atoms with Gasteiger partial charge < -0.3 is 4.74 Å². The zero-order valence-electron chi connectivity index (χ0n) is 10.9. The van der Waals surface area contributed by atoms with Crippen LogP contribution in [0, 0.1) is 11.3 Å². The molecular formula is C17H17NO. The normalized spacial score (nSPS) is 9.84. The Balaban J connectivity index is 1.98. The molecular weight excluding hydrogens is 234 g/mol. The van der Waals surface area contributed by atoms with Crippen molar-refractivity contribution in [1.82, 2.24) is 0 Å². The first-order valence-corrected chi connectivity index (χ1v) is 6.52. The number of hydrogen-bond donors (Lipinski definition) is 0. The molecule has 0 heterocycles. The van der Waals surface area contributed by atoms with Crippen LogP contribution in [0.5, 0.6) is 5.75 Å².